The Morgan fingerprint density at radius 2 is 1.82 bits per heavy atom. The third-order valence-electron chi connectivity index (χ3n) is 6.14. The second-order valence-electron chi connectivity index (χ2n) is 9.66. The van der Waals surface area contributed by atoms with E-state index in [0.717, 1.165) is 11.8 Å². The van der Waals surface area contributed by atoms with Gasteiger partial charge in [0.15, 0.2) is 11.5 Å². The molecule has 1 unspecified atom stereocenters. The first-order chi connectivity index (χ1) is 18.0. The molecule has 2 aromatic rings. The highest BCUT2D eigenvalue weighted by Crippen LogP contribution is 2.36. The van der Waals surface area contributed by atoms with Gasteiger partial charge in [0.1, 0.15) is 11.8 Å². The molecule has 0 aromatic heterocycles. The number of rotatable bonds is 13. The molecule has 0 bridgehead atoms. The fourth-order valence-electron chi connectivity index (χ4n) is 4.05. The maximum absolute atomic E-state index is 13.4. The van der Waals surface area contributed by atoms with E-state index in [1.807, 2.05) is 38.1 Å². The average Bonchev–Trinajstić information content (AvgIpc) is 3.35. The Balaban J connectivity index is 1.73. The van der Waals surface area contributed by atoms with Gasteiger partial charge in [0, 0.05) is 32.1 Å². The zero-order valence-electron chi connectivity index (χ0n) is 22.6. The Labute approximate surface area is 224 Å². The molecule has 2 aromatic carbocycles. The van der Waals surface area contributed by atoms with Crippen molar-refractivity contribution in [3.05, 3.63) is 48.0 Å². The molecule has 0 spiro atoms. The predicted octanol–water partition coefficient (Wildman–Crippen LogP) is 3.16. The van der Waals surface area contributed by atoms with E-state index in [1.165, 1.54) is 9.21 Å². The SMILES string of the molecule is COc1cccc(CN(C(=O)CCCN(c2ccc3c(c2)OCO3)S(C)(=O)=O)C(C)C(=O)NCC(C)C)c1. The summed E-state index contributed by atoms with van der Waals surface area (Å²) >= 11 is 0. The largest absolute Gasteiger partial charge is 0.497 e. The number of carbonyl (C=O) groups excluding carboxylic acids is 2. The number of nitrogens with zero attached hydrogens (tertiary/aromatic N) is 2. The van der Waals surface area contributed by atoms with Crippen molar-refractivity contribution >= 4 is 27.5 Å². The summed E-state index contributed by atoms with van der Waals surface area (Å²) in [5, 5.41) is 2.89. The zero-order chi connectivity index (χ0) is 27.9. The van der Waals surface area contributed by atoms with Crippen LogP contribution in [0.3, 0.4) is 0 Å². The number of hydrogen-bond donors (Lipinski definition) is 1. The number of hydrogen-bond acceptors (Lipinski definition) is 7. The van der Waals surface area contributed by atoms with Crippen molar-refractivity contribution in [1.29, 1.82) is 0 Å². The van der Waals surface area contributed by atoms with Crippen LogP contribution in [0.15, 0.2) is 42.5 Å². The topological polar surface area (TPSA) is 114 Å². The third kappa shape index (κ3) is 7.77. The molecule has 0 saturated carbocycles. The summed E-state index contributed by atoms with van der Waals surface area (Å²) in [6, 6.07) is 11.5. The lowest BCUT2D eigenvalue weighted by molar-refractivity contribution is -0.140. The number of fused-ring (bicyclic) bond motifs is 1. The lowest BCUT2D eigenvalue weighted by Gasteiger charge is -2.30. The van der Waals surface area contributed by atoms with Crippen LogP contribution >= 0.6 is 0 Å². The summed E-state index contributed by atoms with van der Waals surface area (Å²) in [4.78, 5) is 27.8. The standard InChI is InChI=1S/C27H37N3O7S/c1-19(2)16-28-27(32)20(3)29(17-21-8-6-9-23(14-21)35-4)26(31)10-7-13-30(38(5,33)34)22-11-12-24-25(15-22)37-18-36-24/h6,8-9,11-12,14-15,19-20H,7,10,13,16-18H2,1-5H3,(H,28,32). The summed E-state index contributed by atoms with van der Waals surface area (Å²) in [5.74, 6) is 1.45. The van der Waals surface area contributed by atoms with Gasteiger partial charge in [-0.25, -0.2) is 8.42 Å². The van der Waals surface area contributed by atoms with Crippen molar-refractivity contribution in [3.63, 3.8) is 0 Å². The van der Waals surface area contributed by atoms with Crippen molar-refractivity contribution in [2.45, 2.75) is 46.2 Å². The van der Waals surface area contributed by atoms with E-state index in [1.54, 1.807) is 32.2 Å². The number of anilines is 1. The van der Waals surface area contributed by atoms with Gasteiger partial charge in [-0.05, 0) is 49.1 Å². The molecular weight excluding hydrogens is 510 g/mol. The number of ether oxygens (including phenoxy) is 3. The highest BCUT2D eigenvalue weighted by atomic mass is 32.2. The lowest BCUT2D eigenvalue weighted by atomic mass is 10.1. The molecule has 11 heteroatoms. The van der Waals surface area contributed by atoms with Gasteiger partial charge >= 0.3 is 0 Å². The normalized spacial score (nSPS) is 13.2. The lowest BCUT2D eigenvalue weighted by Crippen LogP contribution is -2.48. The summed E-state index contributed by atoms with van der Waals surface area (Å²) in [5.41, 5.74) is 1.25. The van der Waals surface area contributed by atoms with Crippen LogP contribution in [0.2, 0.25) is 0 Å². The minimum Gasteiger partial charge on any atom is -0.497 e. The summed E-state index contributed by atoms with van der Waals surface area (Å²) in [6.45, 7) is 6.58. The van der Waals surface area contributed by atoms with Crippen molar-refractivity contribution < 1.29 is 32.2 Å². The predicted molar refractivity (Wildman–Crippen MR) is 145 cm³/mol. The average molecular weight is 548 g/mol. The Kier molecular flexibility index (Phi) is 9.84. The van der Waals surface area contributed by atoms with Gasteiger partial charge < -0.3 is 24.4 Å². The number of carbonyl (C=O) groups is 2. The highest BCUT2D eigenvalue weighted by molar-refractivity contribution is 7.92. The van der Waals surface area contributed by atoms with Crippen molar-refractivity contribution in [2.75, 3.05) is 37.6 Å². The molecule has 0 fully saturated rings. The number of amides is 2. The molecule has 0 saturated heterocycles. The summed E-state index contributed by atoms with van der Waals surface area (Å²) in [7, 11) is -2.05. The molecule has 1 aliphatic heterocycles. The van der Waals surface area contributed by atoms with E-state index < -0.39 is 16.1 Å². The minimum atomic E-state index is -3.62. The van der Waals surface area contributed by atoms with Crippen LogP contribution in [0.1, 0.15) is 39.2 Å². The van der Waals surface area contributed by atoms with Gasteiger partial charge in [0.05, 0.1) is 19.1 Å². The second-order valence-corrected chi connectivity index (χ2v) is 11.6. The molecule has 38 heavy (non-hydrogen) atoms. The number of benzene rings is 2. The first-order valence-corrected chi connectivity index (χ1v) is 14.4. The second kappa shape index (κ2) is 12.9. The van der Waals surface area contributed by atoms with Crippen LogP contribution in [-0.2, 0) is 26.2 Å². The quantitative estimate of drug-likeness (QED) is 0.410. The Bertz CT molecular complexity index is 1230. The minimum absolute atomic E-state index is 0.0579. The maximum atomic E-state index is 13.4. The molecule has 1 N–H and O–H groups in total. The van der Waals surface area contributed by atoms with E-state index in [-0.39, 0.29) is 50.5 Å². The third-order valence-corrected chi connectivity index (χ3v) is 7.33. The van der Waals surface area contributed by atoms with Crippen molar-refractivity contribution in [3.8, 4) is 17.2 Å². The van der Waals surface area contributed by atoms with Crippen molar-refractivity contribution in [2.24, 2.45) is 5.92 Å². The van der Waals surface area contributed by atoms with Crippen molar-refractivity contribution in [1.82, 2.24) is 10.2 Å². The monoisotopic (exact) mass is 547 g/mol. The maximum Gasteiger partial charge on any atom is 0.242 e. The number of methoxy groups -OCH3 is 1. The summed E-state index contributed by atoms with van der Waals surface area (Å²) in [6.07, 6.45) is 1.44. The molecule has 0 aliphatic carbocycles. The Morgan fingerprint density at radius 1 is 1.08 bits per heavy atom. The highest BCUT2D eigenvalue weighted by Gasteiger charge is 2.27. The smallest absolute Gasteiger partial charge is 0.242 e. The van der Waals surface area contributed by atoms with Gasteiger partial charge in [0.25, 0.3) is 0 Å². The fraction of sp³-hybridized carbons (Fsp3) is 0.481. The van der Waals surface area contributed by atoms with E-state index in [2.05, 4.69) is 5.32 Å². The fourth-order valence-corrected chi connectivity index (χ4v) is 5.00. The van der Waals surface area contributed by atoms with Crippen LogP contribution in [0.25, 0.3) is 0 Å². The van der Waals surface area contributed by atoms with Crippen LogP contribution in [0, 0.1) is 5.92 Å². The van der Waals surface area contributed by atoms with Gasteiger partial charge in [-0.2, -0.15) is 0 Å². The van der Waals surface area contributed by atoms with Crippen LogP contribution in [0.4, 0.5) is 5.69 Å². The molecular formula is C27H37N3O7S. The number of sulfonamides is 1. The van der Waals surface area contributed by atoms with Gasteiger partial charge in [0.2, 0.25) is 28.6 Å². The Morgan fingerprint density at radius 3 is 2.50 bits per heavy atom. The van der Waals surface area contributed by atoms with Crippen LogP contribution in [0.5, 0.6) is 17.2 Å². The first kappa shape index (κ1) is 29.1. The molecule has 1 heterocycles. The molecule has 208 valence electrons. The van der Waals surface area contributed by atoms with E-state index in [9.17, 15) is 18.0 Å². The van der Waals surface area contributed by atoms with E-state index in [4.69, 9.17) is 14.2 Å². The molecule has 10 nitrogen and oxygen atoms in total. The van der Waals surface area contributed by atoms with Crippen LogP contribution < -0.4 is 23.8 Å². The first-order valence-electron chi connectivity index (χ1n) is 12.6. The van der Waals surface area contributed by atoms with Gasteiger partial charge in [-0.15, -0.1) is 0 Å². The summed E-state index contributed by atoms with van der Waals surface area (Å²) < 4.78 is 42.4. The molecule has 2 amide bonds. The number of nitrogens with one attached hydrogen (secondary N) is 1. The van der Waals surface area contributed by atoms with Crippen LogP contribution in [-0.4, -0.2) is 64.4 Å². The van der Waals surface area contributed by atoms with E-state index in [0.29, 0.717) is 29.5 Å². The van der Waals surface area contributed by atoms with Gasteiger partial charge in [-0.1, -0.05) is 26.0 Å². The Hall–Kier alpha value is -3.47. The van der Waals surface area contributed by atoms with E-state index >= 15 is 0 Å². The molecule has 0 radical (unpaired) electrons. The van der Waals surface area contributed by atoms with Gasteiger partial charge in [-0.3, -0.25) is 13.9 Å². The molecule has 3 rings (SSSR count). The molecule has 1 aliphatic rings. The zero-order valence-corrected chi connectivity index (χ0v) is 23.4. The molecule has 1 atom stereocenters.